The van der Waals surface area contributed by atoms with Gasteiger partial charge in [-0.05, 0) is 72.8 Å². The number of amidine groups is 1. The van der Waals surface area contributed by atoms with Crippen LogP contribution in [-0.4, -0.2) is 11.1 Å². The maximum Gasteiger partial charge on any atom is 0.264 e. The third kappa shape index (κ3) is 5.54. The van der Waals surface area contributed by atoms with Gasteiger partial charge in [-0.25, -0.2) is 9.38 Å². The fourth-order valence-corrected chi connectivity index (χ4v) is 3.92. The first-order valence-corrected chi connectivity index (χ1v) is 10.7. The highest BCUT2D eigenvalue weighted by atomic mass is 35.5. The molecule has 0 spiro atoms. The summed E-state index contributed by atoms with van der Waals surface area (Å²) in [5.41, 5.74) is 3.25. The summed E-state index contributed by atoms with van der Waals surface area (Å²) in [6.07, 6.45) is 1.71. The first-order chi connectivity index (χ1) is 15.0. The second-order valence-corrected chi connectivity index (χ2v) is 8.39. The highest BCUT2D eigenvalue weighted by Gasteiger charge is 2.24. The van der Waals surface area contributed by atoms with Gasteiger partial charge in [0.05, 0.1) is 10.6 Å². The van der Waals surface area contributed by atoms with Crippen molar-refractivity contribution in [2.75, 3.05) is 0 Å². The summed E-state index contributed by atoms with van der Waals surface area (Å²) in [5, 5.41) is 3.80. The van der Waals surface area contributed by atoms with Crippen molar-refractivity contribution in [1.29, 1.82) is 0 Å². The quantitative estimate of drug-likeness (QED) is 0.465. The predicted molar refractivity (Wildman–Crippen MR) is 124 cm³/mol. The minimum absolute atomic E-state index is 0.190. The number of benzene rings is 3. The summed E-state index contributed by atoms with van der Waals surface area (Å²) >= 11 is 7.41. The average molecular weight is 453 g/mol. The lowest BCUT2D eigenvalue weighted by molar-refractivity contribution is -0.115. The van der Waals surface area contributed by atoms with Gasteiger partial charge in [-0.1, -0.05) is 41.4 Å². The van der Waals surface area contributed by atoms with E-state index in [4.69, 9.17) is 16.3 Å². The Morgan fingerprint density at radius 1 is 1.13 bits per heavy atom. The zero-order chi connectivity index (χ0) is 21.8. The van der Waals surface area contributed by atoms with E-state index in [-0.39, 0.29) is 18.3 Å². The Bertz CT molecular complexity index is 1190. The van der Waals surface area contributed by atoms with Crippen LogP contribution in [0.25, 0.3) is 6.08 Å². The van der Waals surface area contributed by atoms with Gasteiger partial charge in [-0.15, -0.1) is 0 Å². The van der Waals surface area contributed by atoms with E-state index in [2.05, 4.69) is 10.3 Å². The molecule has 4 nitrogen and oxygen atoms in total. The summed E-state index contributed by atoms with van der Waals surface area (Å²) in [6.45, 7) is 2.19. The fourth-order valence-electron chi connectivity index (χ4n) is 2.91. The van der Waals surface area contributed by atoms with Gasteiger partial charge < -0.3 is 10.1 Å². The Morgan fingerprint density at radius 2 is 1.94 bits per heavy atom. The van der Waals surface area contributed by atoms with Crippen molar-refractivity contribution >= 4 is 46.2 Å². The Kier molecular flexibility index (Phi) is 6.39. The van der Waals surface area contributed by atoms with Crippen molar-refractivity contribution in [3.8, 4) is 5.75 Å². The van der Waals surface area contributed by atoms with Gasteiger partial charge in [0.1, 0.15) is 18.2 Å². The van der Waals surface area contributed by atoms with Crippen LogP contribution in [0, 0.1) is 12.7 Å². The zero-order valence-corrected chi connectivity index (χ0v) is 18.1. The van der Waals surface area contributed by atoms with E-state index < -0.39 is 0 Å². The summed E-state index contributed by atoms with van der Waals surface area (Å²) < 4.78 is 19.3. The maximum absolute atomic E-state index is 13.4. The SMILES string of the molecule is Cc1ccc(N=C2NC(=O)/C(=C/c3cc(Cl)ccc3OCc3cccc(F)c3)S2)cc1. The number of thioether (sulfide) groups is 1. The molecule has 0 aromatic heterocycles. The van der Waals surface area contributed by atoms with E-state index in [1.165, 1.54) is 23.9 Å². The molecule has 31 heavy (non-hydrogen) atoms. The van der Waals surface area contributed by atoms with Crippen LogP contribution in [0.5, 0.6) is 5.75 Å². The van der Waals surface area contributed by atoms with Crippen molar-refractivity contribution in [2.45, 2.75) is 13.5 Å². The normalized spacial score (nSPS) is 16.0. The van der Waals surface area contributed by atoms with Crippen LogP contribution in [0.15, 0.2) is 76.6 Å². The van der Waals surface area contributed by atoms with Gasteiger partial charge in [-0.3, -0.25) is 4.79 Å². The van der Waals surface area contributed by atoms with Crippen LogP contribution in [0.2, 0.25) is 5.02 Å². The van der Waals surface area contributed by atoms with E-state index in [0.29, 0.717) is 32.0 Å². The van der Waals surface area contributed by atoms with Crippen molar-refractivity contribution in [3.63, 3.8) is 0 Å². The highest BCUT2D eigenvalue weighted by Crippen LogP contribution is 2.32. The molecule has 156 valence electrons. The molecule has 4 rings (SSSR count). The van der Waals surface area contributed by atoms with E-state index in [1.54, 1.807) is 36.4 Å². The molecule has 0 bridgehead atoms. The first kappa shape index (κ1) is 21.2. The molecule has 1 fully saturated rings. The van der Waals surface area contributed by atoms with Crippen LogP contribution < -0.4 is 10.1 Å². The molecule has 1 saturated heterocycles. The third-order valence-electron chi connectivity index (χ3n) is 4.46. The molecular formula is C24H18ClFN2O2S. The number of carbonyl (C=O) groups is 1. The van der Waals surface area contributed by atoms with E-state index >= 15 is 0 Å². The molecule has 0 saturated carbocycles. The van der Waals surface area contributed by atoms with Crippen LogP contribution in [-0.2, 0) is 11.4 Å². The number of hydrogen-bond acceptors (Lipinski definition) is 4. The Hall–Kier alpha value is -3.09. The minimum Gasteiger partial charge on any atom is -0.488 e. The van der Waals surface area contributed by atoms with Crippen LogP contribution >= 0.6 is 23.4 Å². The van der Waals surface area contributed by atoms with E-state index in [1.807, 2.05) is 31.2 Å². The molecule has 1 heterocycles. The van der Waals surface area contributed by atoms with Crippen LogP contribution in [0.1, 0.15) is 16.7 Å². The lowest BCUT2D eigenvalue weighted by atomic mass is 10.1. The average Bonchev–Trinajstić information content (AvgIpc) is 3.08. The minimum atomic E-state index is -0.320. The number of aryl methyl sites for hydroxylation is 1. The first-order valence-electron chi connectivity index (χ1n) is 9.49. The smallest absolute Gasteiger partial charge is 0.264 e. The standard InChI is InChI=1S/C24H18ClFN2O2S/c1-15-5-8-20(9-6-15)27-24-28-23(29)22(31-24)13-17-12-18(25)7-10-21(17)30-14-16-3-2-4-19(26)11-16/h2-13H,14H2,1H3,(H,27,28,29)/b22-13-. The lowest BCUT2D eigenvalue weighted by Crippen LogP contribution is -2.19. The van der Waals surface area contributed by atoms with Crippen molar-refractivity contribution in [1.82, 2.24) is 5.32 Å². The Labute approximate surface area is 188 Å². The molecule has 1 N–H and O–H groups in total. The van der Waals surface area contributed by atoms with Gasteiger partial charge in [-0.2, -0.15) is 0 Å². The molecule has 3 aromatic carbocycles. The van der Waals surface area contributed by atoms with Gasteiger partial charge in [0.2, 0.25) is 0 Å². The van der Waals surface area contributed by atoms with Gasteiger partial charge >= 0.3 is 0 Å². The number of rotatable bonds is 5. The summed E-state index contributed by atoms with van der Waals surface area (Å²) in [6, 6.07) is 19.1. The molecule has 0 radical (unpaired) electrons. The van der Waals surface area contributed by atoms with Crippen molar-refractivity contribution in [3.05, 3.63) is 99.2 Å². The number of nitrogens with zero attached hydrogens (tertiary/aromatic N) is 1. The van der Waals surface area contributed by atoms with Crippen molar-refractivity contribution in [2.24, 2.45) is 4.99 Å². The van der Waals surface area contributed by atoms with Gasteiger partial charge in [0.15, 0.2) is 5.17 Å². The predicted octanol–water partition coefficient (Wildman–Crippen LogP) is 6.26. The highest BCUT2D eigenvalue weighted by molar-refractivity contribution is 8.18. The molecule has 0 atom stereocenters. The van der Waals surface area contributed by atoms with E-state index in [9.17, 15) is 9.18 Å². The number of carbonyl (C=O) groups excluding carboxylic acids is 1. The molecule has 3 aromatic rings. The Morgan fingerprint density at radius 3 is 2.71 bits per heavy atom. The maximum atomic E-state index is 13.4. The molecule has 1 amide bonds. The number of ether oxygens (including phenoxy) is 1. The molecule has 1 aliphatic rings. The number of nitrogens with one attached hydrogen (secondary N) is 1. The van der Waals surface area contributed by atoms with E-state index in [0.717, 1.165) is 11.3 Å². The second-order valence-electron chi connectivity index (χ2n) is 6.92. The largest absolute Gasteiger partial charge is 0.488 e. The monoisotopic (exact) mass is 452 g/mol. The molecule has 0 unspecified atom stereocenters. The summed E-state index contributed by atoms with van der Waals surface area (Å²) in [7, 11) is 0. The Balaban J connectivity index is 1.55. The number of aliphatic imine (C=N–C) groups is 1. The topological polar surface area (TPSA) is 50.7 Å². The van der Waals surface area contributed by atoms with Crippen LogP contribution in [0.4, 0.5) is 10.1 Å². The van der Waals surface area contributed by atoms with Crippen molar-refractivity contribution < 1.29 is 13.9 Å². The van der Waals surface area contributed by atoms with Crippen LogP contribution in [0.3, 0.4) is 0 Å². The second kappa shape index (κ2) is 9.37. The third-order valence-corrected chi connectivity index (χ3v) is 5.60. The number of halogens is 2. The van der Waals surface area contributed by atoms with Gasteiger partial charge in [0, 0.05) is 10.6 Å². The molecule has 1 aliphatic heterocycles. The lowest BCUT2D eigenvalue weighted by Gasteiger charge is -2.10. The number of amides is 1. The summed E-state index contributed by atoms with van der Waals surface area (Å²) in [5.74, 6) is -0.0237. The molecule has 7 heteroatoms. The molecular weight excluding hydrogens is 435 g/mol. The fraction of sp³-hybridized carbons (Fsp3) is 0.0833. The zero-order valence-electron chi connectivity index (χ0n) is 16.6. The molecule has 0 aliphatic carbocycles. The number of hydrogen-bond donors (Lipinski definition) is 1. The summed E-state index contributed by atoms with van der Waals surface area (Å²) in [4.78, 5) is 17.4. The van der Waals surface area contributed by atoms with Gasteiger partial charge in [0.25, 0.3) is 5.91 Å².